The highest BCUT2D eigenvalue weighted by atomic mass is 32.2. The highest BCUT2D eigenvalue weighted by molar-refractivity contribution is 7.98. The Morgan fingerprint density at radius 3 is 2.52 bits per heavy atom. The van der Waals surface area contributed by atoms with Crippen LogP contribution < -0.4 is 25.3 Å². The van der Waals surface area contributed by atoms with Gasteiger partial charge in [0.25, 0.3) is 5.91 Å². The molecular weight excluding hydrogens is 364 g/mol. The van der Waals surface area contributed by atoms with Crippen LogP contribution in [0.5, 0.6) is 23.0 Å². The van der Waals surface area contributed by atoms with E-state index in [2.05, 4.69) is 5.32 Å². The third-order valence-electron chi connectivity index (χ3n) is 3.94. The van der Waals surface area contributed by atoms with Crippen LogP contribution >= 0.6 is 11.8 Å². The van der Waals surface area contributed by atoms with Crippen molar-refractivity contribution in [2.75, 3.05) is 32.8 Å². The molecular formula is C20H26N2O4S. The quantitative estimate of drug-likeness (QED) is 0.605. The van der Waals surface area contributed by atoms with E-state index in [0.29, 0.717) is 41.7 Å². The average molecular weight is 391 g/mol. The number of nitrogens with one attached hydrogen (secondary N) is 1. The second-order valence-corrected chi connectivity index (χ2v) is 6.73. The van der Waals surface area contributed by atoms with Crippen molar-refractivity contribution in [3.05, 3.63) is 47.5 Å². The van der Waals surface area contributed by atoms with Crippen molar-refractivity contribution in [3.8, 4) is 23.0 Å². The fourth-order valence-electron chi connectivity index (χ4n) is 2.50. The normalized spacial score (nSPS) is 10.4. The molecule has 0 heterocycles. The summed E-state index contributed by atoms with van der Waals surface area (Å²) in [6.07, 6.45) is 2.98. The van der Waals surface area contributed by atoms with Gasteiger partial charge in [-0.15, -0.1) is 0 Å². The predicted octanol–water partition coefficient (Wildman–Crippen LogP) is 3.44. The molecule has 0 radical (unpaired) electrons. The summed E-state index contributed by atoms with van der Waals surface area (Å²) in [7, 11) is 3.14. The first-order chi connectivity index (χ1) is 13.1. The van der Waals surface area contributed by atoms with E-state index in [9.17, 15) is 4.79 Å². The number of methoxy groups -OCH3 is 2. The maximum atomic E-state index is 12.3. The third kappa shape index (κ3) is 5.80. The number of hydrogen-bond acceptors (Lipinski definition) is 6. The fourth-order valence-corrected chi connectivity index (χ4v) is 2.94. The number of benzene rings is 2. The average Bonchev–Trinajstić information content (AvgIpc) is 2.70. The SMILES string of the molecule is COc1cc(Oc2cc(C(=O)NCCCSC)ccc2OC)ccc1CN. The monoisotopic (exact) mass is 390 g/mol. The molecule has 0 fully saturated rings. The van der Waals surface area contributed by atoms with Gasteiger partial charge in [0.05, 0.1) is 14.2 Å². The van der Waals surface area contributed by atoms with Gasteiger partial charge in [-0.25, -0.2) is 0 Å². The van der Waals surface area contributed by atoms with Gasteiger partial charge in [-0.3, -0.25) is 4.79 Å². The molecule has 2 aromatic rings. The molecule has 1 amide bonds. The standard InChI is InChI=1S/C20H26N2O4S/c1-24-17-8-6-14(20(23)22-9-4-10-27-3)11-19(17)26-16-7-5-15(13-21)18(12-16)25-2/h5-8,11-12H,4,9-10,13,21H2,1-3H3,(H,22,23). The van der Waals surface area contributed by atoms with Crippen molar-refractivity contribution in [2.45, 2.75) is 13.0 Å². The van der Waals surface area contributed by atoms with Gasteiger partial charge in [0, 0.05) is 30.3 Å². The summed E-state index contributed by atoms with van der Waals surface area (Å²) in [4.78, 5) is 12.3. The van der Waals surface area contributed by atoms with Gasteiger partial charge in [-0.05, 0) is 42.7 Å². The van der Waals surface area contributed by atoms with E-state index in [1.165, 1.54) is 0 Å². The lowest BCUT2D eigenvalue weighted by Gasteiger charge is -2.14. The second-order valence-electron chi connectivity index (χ2n) is 5.75. The molecule has 6 nitrogen and oxygen atoms in total. The van der Waals surface area contributed by atoms with Gasteiger partial charge in [-0.2, -0.15) is 11.8 Å². The summed E-state index contributed by atoms with van der Waals surface area (Å²) in [5.41, 5.74) is 7.10. The Kier molecular flexibility index (Phi) is 8.29. The molecule has 2 rings (SSSR count). The highest BCUT2D eigenvalue weighted by Gasteiger charge is 2.13. The van der Waals surface area contributed by atoms with Crippen LogP contribution in [-0.2, 0) is 6.54 Å². The van der Waals surface area contributed by atoms with Gasteiger partial charge in [0.15, 0.2) is 11.5 Å². The number of carbonyl (C=O) groups is 1. The minimum absolute atomic E-state index is 0.139. The summed E-state index contributed by atoms with van der Waals surface area (Å²) in [6.45, 7) is 1.01. The zero-order valence-corrected chi connectivity index (χ0v) is 16.7. The molecule has 0 spiro atoms. The topological polar surface area (TPSA) is 82.8 Å². The van der Waals surface area contributed by atoms with Crippen molar-refractivity contribution in [3.63, 3.8) is 0 Å². The molecule has 0 atom stereocenters. The van der Waals surface area contributed by atoms with Crippen LogP contribution in [0, 0.1) is 0 Å². The van der Waals surface area contributed by atoms with E-state index in [4.69, 9.17) is 19.9 Å². The minimum Gasteiger partial charge on any atom is -0.496 e. The summed E-state index contributed by atoms with van der Waals surface area (Å²) in [5.74, 6) is 3.08. The van der Waals surface area contributed by atoms with Gasteiger partial charge < -0.3 is 25.3 Å². The second kappa shape index (κ2) is 10.7. The Morgan fingerprint density at radius 1 is 1.07 bits per heavy atom. The lowest BCUT2D eigenvalue weighted by Crippen LogP contribution is -2.24. The number of carbonyl (C=O) groups excluding carboxylic acids is 1. The Labute approximate surface area is 164 Å². The number of hydrogen-bond donors (Lipinski definition) is 2. The van der Waals surface area contributed by atoms with Crippen molar-refractivity contribution in [2.24, 2.45) is 5.73 Å². The van der Waals surface area contributed by atoms with Crippen molar-refractivity contribution in [1.29, 1.82) is 0 Å². The summed E-state index contributed by atoms with van der Waals surface area (Å²) in [6, 6.07) is 10.5. The van der Waals surface area contributed by atoms with Gasteiger partial charge in [0.1, 0.15) is 11.5 Å². The first kappa shape index (κ1) is 20.9. The maximum Gasteiger partial charge on any atom is 0.251 e. The van der Waals surface area contributed by atoms with Crippen LogP contribution in [0.3, 0.4) is 0 Å². The van der Waals surface area contributed by atoms with E-state index >= 15 is 0 Å². The zero-order chi connectivity index (χ0) is 19.6. The van der Waals surface area contributed by atoms with Crippen LogP contribution in [-0.4, -0.2) is 38.7 Å². The molecule has 0 aliphatic carbocycles. The van der Waals surface area contributed by atoms with Crippen molar-refractivity contribution < 1.29 is 19.0 Å². The molecule has 146 valence electrons. The van der Waals surface area contributed by atoms with Crippen molar-refractivity contribution >= 4 is 17.7 Å². The Morgan fingerprint density at radius 2 is 1.85 bits per heavy atom. The smallest absolute Gasteiger partial charge is 0.251 e. The van der Waals surface area contributed by atoms with Crippen LogP contribution in [0.15, 0.2) is 36.4 Å². The first-order valence-corrected chi connectivity index (χ1v) is 10.0. The van der Waals surface area contributed by atoms with E-state index in [1.807, 2.05) is 12.3 Å². The van der Waals surface area contributed by atoms with Crippen molar-refractivity contribution in [1.82, 2.24) is 5.32 Å². The van der Waals surface area contributed by atoms with Crippen LogP contribution in [0.1, 0.15) is 22.3 Å². The number of amides is 1. The van der Waals surface area contributed by atoms with E-state index in [0.717, 1.165) is 17.7 Å². The van der Waals surface area contributed by atoms with Gasteiger partial charge >= 0.3 is 0 Å². The lowest BCUT2D eigenvalue weighted by atomic mass is 10.1. The molecule has 0 unspecified atom stereocenters. The summed E-state index contributed by atoms with van der Waals surface area (Å²) >= 11 is 1.76. The number of nitrogens with two attached hydrogens (primary N) is 1. The van der Waals surface area contributed by atoms with E-state index in [1.54, 1.807) is 56.3 Å². The highest BCUT2D eigenvalue weighted by Crippen LogP contribution is 2.34. The Balaban J connectivity index is 2.19. The van der Waals surface area contributed by atoms with E-state index < -0.39 is 0 Å². The molecule has 0 saturated heterocycles. The molecule has 0 bridgehead atoms. The zero-order valence-electron chi connectivity index (χ0n) is 15.9. The van der Waals surface area contributed by atoms with Crippen LogP contribution in [0.25, 0.3) is 0 Å². The molecule has 0 aliphatic rings. The molecule has 0 aliphatic heterocycles. The lowest BCUT2D eigenvalue weighted by molar-refractivity contribution is 0.0953. The van der Waals surface area contributed by atoms with Crippen LogP contribution in [0.2, 0.25) is 0 Å². The maximum absolute atomic E-state index is 12.3. The number of thioether (sulfide) groups is 1. The molecule has 27 heavy (non-hydrogen) atoms. The largest absolute Gasteiger partial charge is 0.496 e. The Hall–Kier alpha value is -2.38. The van der Waals surface area contributed by atoms with E-state index in [-0.39, 0.29) is 5.91 Å². The van der Waals surface area contributed by atoms with Gasteiger partial charge in [0.2, 0.25) is 0 Å². The number of ether oxygens (including phenoxy) is 3. The third-order valence-corrected chi connectivity index (χ3v) is 4.64. The molecule has 0 aromatic heterocycles. The number of rotatable bonds is 10. The molecule has 0 saturated carbocycles. The summed E-state index contributed by atoms with van der Waals surface area (Å²) in [5, 5.41) is 2.91. The minimum atomic E-state index is -0.139. The first-order valence-electron chi connectivity index (χ1n) is 8.63. The van der Waals surface area contributed by atoms with Gasteiger partial charge in [-0.1, -0.05) is 6.07 Å². The molecule has 2 aromatic carbocycles. The van der Waals surface area contributed by atoms with Crippen LogP contribution in [0.4, 0.5) is 0 Å². The Bertz CT molecular complexity index is 768. The predicted molar refractivity (Wildman–Crippen MR) is 109 cm³/mol. The summed E-state index contributed by atoms with van der Waals surface area (Å²) < 4.78 is 16.6. The fraction of sp³-hybridized carbons (Fsp3) is 0.350. The molecule has 7 heteroatoms. The molecule has 3 N–H and O–H groups in total.